The standard InChI is InChI=1S/C32H30N4O4S/c37-31(24-8-2-1-3-9-24)36-30-25(12-6-13-26(30)33-32(36)38)22-16-20-34(21-17-22)18-7-19-35-27-14-4-10-23-11-5-15-28(29(23)27)41(35,39)40/h1-6,8-15,22H,7,16-21H2,(H,33,38). The van der Waals surface area contributed by atoms with Gasteiger partial charge in [-0.3, -0.25) is 9.10 Å². The van der Waals surface area contributed by atoms with E-state index in [2.05, 4.69) is 9.88 Å². The number of aromatic nitrogens is 2. The fourth-order valence-electron chi connectivity index (χ4n) is 6.52. The molecular weight excluding hydrogens is 536 g/mol. The van der Waals surface area contributed by atoms with E-state index in [1.54, 1.807) is 40.7 Å². The van der Waals surface area contributed by atoms with Crippen LogP contribution in [-0.4, -0.2) is 55.0 Å². The lowest BCUT2D eigenvalue weighted by molar-refractivity contribution is 0.0960. The molecule has 0 radical (unpaired) electrons. The van der Waals surface area contributed by atoms with Gasteiger partial charge in [-0.05, 0) is 86.1 Å². The first-order valence-electron chi connectivity index (χ1n) is 14.0. The molecule has 0 bridgehead atoms. The number of nitrogens with zero attached hydrogens (tertiary/aromatic N) is 3. The third-order valence-electron chi connectivity index (χ3n) is 8.50. The second-order valence-corrected chi connectivity index (χ2v) is 12.7. The van der Waals surface area contributed by atoms with Crippen LogP contribution in [0.25, 0.3) is 21.8 Å². The average molecular weight is 567 g/mol. The molecule has 5 aromatic rings. The minimum absolute atomic E-state index is 0.214. The summed E-state index contributed by atoms with van der Waals surface area (Å²) in [6.07, 6.45) is 2.52. The molecule has 9 heteroatoms. The van der Waals surface area contributed by atoms with Crippen molar-refractivity contribution >= 4 is 43.4 Å². The fourth-order valence-corrected chi connectivity index (χ4v) is 8.27. The number of hydrogen-bond donors (Lipinski definition) is 1. The Morgan fingerprint density at radius 2 is 1.59 bits per heavy atom. The van der Waals surface area contributed by atoms with Crippen molar-refractivity contribution in [3.8, 4) is 0 Å². The lowest BCUT2D eigenvalue weighted by Crippen LogP contribution is -2.36. The zero-order valence-electron chi connectivity index (χ0n) is 22.5. The highest BCUT2D eigenvalue weighted by Gasteiger charge is 2.35. The molecule has 2 aliphatic rings. The number of para-hydroxylation sites is 1. The summed E-state index contributed by atoms with van der Waals surface area (Å²) < 4.78 is 29.4. The van der Waals surface area contributed by atoms with Crippen molar-refractivity contribution in [2.75, 3.05) is 30.5 Å². The molecule has 0 unspecified atom stereocenters. The van der Waals surface area contributed by atoms with Gasteiger partial charge in [-0.15, -0.1) is 0 Å². The Bertz CT molecular complexity index is 1950. The average Bonchev–Trinajstić information content (AvgIpc) is 3.45. The normalized spacial score (nSPS) is 17.0. The van der Waals surface area contributed by atoms with Crippen molar-refractivity contribution in [2.24, 2.45) is 0 Å². The van der Waals surface area contributed by atoms with Crippen LogP contribution in [0.2, 0.25) is 0 Å². The highest BCUT2D eigenvalue weighted by Crippen LogP contribution is 2.42. The van der Waals surface area contributed by atoms with Gasteiger partial charge in [-0.25, -0.2) is 17.8 Å². The number of piperidine rings is 1. The van der Waals surface area contributed by atoms with E-state index in [4.69, 9.17) is 0 Å². The predicted molar refractivity (Wildman–Crippen MR) is 160 cm³/mol. The topological polar surface area (TPSA) is 95.5 Å². The number of fused-ring (bicyclic) bond motifs is 1. The van der Waals surface area contributed by atoms with E-state index in [1.165, 1.54) is 4.57 Å². The third kappa shape index (κ3) is 4.27. The molecule has 1 aromatic heterocycles. The summed E-state index contributed by atoms with van der Waals surface area (Å²) in [4.78, 5) is 31.8. The Hall–Kier alpha value is -4.21. The van der Waals surface area contributed by atoms with Crippen molar-refractivity contribution < 1.29 is 13.2 Å². The molecule has 1 fully saturated rings. The van der Waals surface area contributed by atoms with Gasteiger partial charge in [0, 0.05) is 17.5 Å². The smallest absolute Gasteiger partial charge is 0.305 e. The quantitative estimate of drug-likeness (QED) is 0.314. The van der Waals surface area contributed by atoms with Gasteiger partial charge in [0.05, 0.1) is 21.6 Å². The largest absolute Gasteiger partial charge is 0.333 e. The van der Waals surface area contributed by atoms with Crippen molar-refractivity contribution in [1.82, 2.24) is 14.5 Å². The Kier molecular flexibility index (Phi) is 6.28. The van der Waals surface area contributed by atoms with Gasteiger partial charge in [0.2, 0.25) is 0 Å². The van der Waals surface area contributed by atoms with Crippen LogP contribution in [0.5, 0.6) is 0 Å². The molecule has 4 aromatic carbocycles. The second-order valence-electron chi connectivity index (χ2n) is 10.9. The van der Waals surface area contributed by atoms with Crippen LogP contribution in [0.15, 0.2) is 94.6 Å². The summed E-state index contributed by atoms with van der Waals surface area (Å²) in [5, 5.41) is 1.76. The second kappa shape index (κ2) is 10.0. The number of aromatic amines is 1. The zero-order valence-corrected chi connectivity index (χ0v) is 23.3. The van der Waals surface area contributed by atoms with Gasteiger partial charge < -0.3 is 9.88 Å². The highest BCUT2D eigenvalue weighted by molar-refractivity contribution is 7.93. The first-order chi connectivity index (χ1) is 19.9. The monoisotopic (exact) mass is 566 g/mol. The van der Waals surface area contributed by atoms with E-state index in [0.717, 1.165) is 60.9 Å². The number of anilines is 1. The summed E-state index contributed by atoms with van der Waals surface area (Å²) in [7, 11) is -3.54. The minimum atomic E-state index is -3.54. The Labute approximate surface area is 237 Å². The van der Waals surface area contributed by atoms with Crippen LogP contribution in [0.1, 0.15) is 41.1 Å². The molecule has 41 heavy (non-hydrogen) atoms. The molecule has 1 saturated heterocycles. The van der Waals surface area contributed by atoms with Crippen molar-refractivity contribution in [3.05, 3.63) is 107 Å². The molecule has 0 aliphatic carbocycles. The summed E-state index contributed by atoms with van der Waals surface area (Å²) in [5.41, 5.74) is 3.17. The third-order valence-corrected chi connectivity index (χ3v) is 10.4. The van der Waals surface area contributed by atoms with E-state index in [1.807, 2.05) is 48.5 Å². The molecule has 7 rings (SSSR count). The number of hydrogen-bond acceptors (Lipinski definition) is 5. The van der Waals surface area contributed by atoms with Gasteiger partial charge in [-0.1, -0.05) is 54.6 Å². The van der Waals surface area contributed by atoms with E-state index < -0.39 is 15.7 Å². The van der Waals surface area contributed by atoms with Crippen LogP contribution in [-0.2, 0) is 10.0 Å². The Morgan fingerprint density at radius 1 is 0.854 bits per heavy atom. The molecule has 2 aliphatic heterocycles. The molecule has 208 valence electrons. The van der Waals surface area contributed by atoms with Gasteiger partial charge in [0.1, 0.15) is 0 Å². The number of carbonyl (C=O) groups is 1. The lowest BCUT2D eigenvalue weighted by atomic mass is 9.88. The maximum atomic E-state index is 13.3. The van der Waals surface area contributed by atoms with E-state index in [-0.39, 0.29) is 11.8 Å². The van der Waals surface area contributed by atoms with Crippen LogP contribution in [0.4, 0.5) is 5.69 Å². The van der Waals surface area contributed by atoms with E-state index >= 15 is 0 Å². The van der Waals surface area contributed by atoms with Gasteiger partial charge in [0.15, 0.2) is 0 Å². The van der Waals surface area contributed by atoms with Gasteiger partial charge >= 0.3 is 5.69 Å². The maximum Gasteiger partial charge on any atom is 0.333 e. The lowest BCUT2D eigenvalue weighted by Gasteiger charge is -2.33. The fraction of sp³-hybridized carbons (Fsp3) is 0.250. The number of nitrogens with one attached hydrogen (secondary N) is 1. The highest BCUT2D eigenvalue weighted by atomic mass is 32.2. The summed E-state index contributed by atoms with van der Waals surface area (Å²) in [6, 6.07) is 25.9. The van der Waals surface area contributed by atoms with E-state index in [0.29, 0.717) is 28.0 Å². The van der Waals surface area contributed by atoms with Crippen LogP contribution in [0.3, 0.4) is 0 Å². The summed E-state index contributed by atoms with van der Waals surface area (Å²) in [5.74, 6) is -0.118. The first kappa shape index (κ1) is 25.7. The van der Waals surface area contributed by atoms with Gasteiger partial charge in [-0.2, -0.15) is 0 Å². The number of H-pyrrole nitrogens is 1. The number of sulfonamides is 1. The van der Waals surface area contributed by atoms with Crippen LogP contribution < -0.4 is 9.99 Å². The molecule has 8 nitrogen and oxygen atoms in total. The van der Waals surface area contributed by atoms with E-state index in [9.17, 15) is 18.0 Å². The zero-order chi connectivity index (χ0) is 28.1. The molecule has 3 heterocycles. The summed E-state index contributed by atoms with van der Waals surface area (Å²) in [6.45, 7) is 2.97. The number of benzene rings is 4. The van der Waals surface area contributed by atoms with Crippen LogP contribution >= 0.6 is 0 Å². The Morgan fingerprint density at radius 3 is 2.37 bits per heavy atom. The molecule has 0 amide bonds. The molecule has 0 saturated carbocycles. The van der Waals surface area contributed by atoms with Crippen LogP contribution in [0, 0.1) is 0 Å². The Balaban J connectivity index is 1.04. The van der Waals surface area contributed by atoms with Crippen molar-refractivity contribution in [1.29, 1.82) is 0 Å². The first-order valence-corrected chi connectivity index (χ1v) is 15.5. The number of carbonyl (C=O) groups excluding carboxylic acids is 1. The SMILES string of the molecule is O=C(c1ccccc1)n1c(=O)[nH]c2cccc(C3CCN(CCCN4c5cccc6cccc(c56)S4(=O)=O)CC3)c21. The molecule has 0 atom stereocenters. The molecule has 0 spiro atoms. The molecule has 1 N–H and O–H groups in total. The van der Waals surface area contributed by atoms with Crippen molar-refractivity contribution in [2.45, 2.75) is 30.1 Å². The maximum absolute atomic E-state index is 13.3. The number of likely N-dealkylation sites (tertiary alicyclic amines) is 1. The number of imidazole rings is 1. The number of rotatable bonds is 6. The minimum Gasteiger partial charge on any atom is -0.305 e. The van der Waals surface area contributed by atoms with Gasteiger partial charge in [0.25, 0.3) is 15.9 Å². The summed E-state index contributed by atoms with van der Waals surface area (Å²) >= 11 is 0. The molecular formula is C32H30N4O4S. The van der Waals surface area contributed by atoms with Crippen molar-refractivity contribution in [3.63, 3.8) is 0 Å². The predicted octanol–water partition coefficient (Wildman–Crippen LogP) is 4.95.